The number of hydrogen-bond acceptors (Lipinski definition) is 4. The fourth-order valence-corrected chi connectivity index (χ4v) is 3.23. The number of hydrogen-bond donors (Lipinski definition) is 2. The Bertz CT molecular complexity index is 319. The molecule has 0 aromatic rings. The van der Waals surface area contributed by atoms with Gasteiger partial charge in [0.1, 0.15) is 0 Å². The third kappa shape index (κ3) is 3.46. The molecule has 15 heavy (non-hydrogen) atoms. The molecule has 88 valence electrons. The van der Waals surface area contributed by atoms with E-state index in [4.69, 9.17) is 5.11 Å². The molecule has 0 bridgehead atoms. The lowest BCUT2D eigenvalue weighted by molar-refractivity contribution is -0.136. The van der Waals surface area contributed by atoms with Crippen molar-refractivity contribution in [3.63, 3.8) is 0 Å². The Morgan fingerprint density at radius 1 is 1.60 bits per heavy atom. The summed E-state index contributed by atoms with van der Waals surface area (Å²) in [5.41, 5.74) is 0. The van der Waals surface area contributed by atoms with E-state index in [1.54, 1.807) is 0 Å². The Morgan fingerprint density at radius 2 is 2.27 bits per heavy atom. The van der Waals surface area contributed by atoms with Crippen molar-refractivity contribution in [1.29, 1.82) is 0 Å². The minimum Gasteiger partial charge on any atom is -0.480 e. The van der Waals surface area contributed by atoms with Gasteiger partial charge in [0.15, 0.2) is 15.1 Å². The fourth-order valence-electron chi connectivity index (χ4n) is 1.69. The predicted octanol–water partition coefficient (Wildman–Crippen LogP) is -0.126. The first-order valence-electron chi connectivity index (χ1n) is 5.08. The Balaban J connectivity index is 2.58. The Kier molecular flexibility index (Phi) is 4.10. The number of rotatable bonds is 4. The molecule has 0 saturated carbocycles. The molecule has 2 unspecified atom stereocenters. The molecule has 1 saturated heterocycles. The summed E-state index contributed by atoms with van der Waals surface area (Å²) in [4.78, 5) is 10.6. The van der Waals surface area contributed by atoms with Gasteiger partial charge < -0.3 is 10.4 Å². The van der Waals surface area contributed by atoms with Crippen molar-refractivity contribution < 1.29 is 18.3 Å². The van der Waals surface area contributed by atoms with E-state index in [2.05, 4.69) is 5.32 Å². The molecule has 1 fully saturated rings. The summed E-state index contributed by atoms with van der Waals surface area (Å²) in [6.45, 7) is 2.82. The number of carboxylic acids is 1. The summed E-state index contributed by atoms with van der Waals surface area (Å²) in [6.07, 6.45) is 1.82. The van der Waals surface area contributed by atoms with Crippen LogP contribution < -0.4 is 5.32 Å². The van der Waals surface area contributed by atoms with Crippen LogP contribution in [-0.2, 0) is 14.6 Å². The Hall–Kier alpha value is -0.620. The molecule has 6 heteroatoms. The lowest BCUT2D eigenvalue weighted by atomic mass is 10.0. The number of piperidine rings is 1. The van der Waals surface area contributed by atoms with Crippen LogP contribution in [0, 0.1) is 5.92 Å². The number of nitrogens with one attached hydrogen (secondary N) is 1. The minimum absolute atomic E-state index is 0.0204. The minimum atomic E-state index is -3.50. The number of aliphatic carboxylic acids is 1. The van der Waals surface area contributed by atoms with Crippen LogP contribution in [0.25, 0.3) is 0 Å². The van der Waals surface area contributed by atoms with Gasteiger partial charge in [0.25, 0.3) is 0 Å². The van der Waals surface area contributed by atoms with Gasteiger partial charge in [0, 0.05) is 0 Å². The second-order valence-corrected chi connectivity index (χ2v) is 6.39. The highest BCUT2D eigenvalue weighted by atomic mass is 32.2. The molecule has 2 N–H and O–H groups in total. The maximum Gasteiger partial charge on any atom is 0.321 e. The number of carbonyl (C=O) groups is 1. The molecule has 5 nitrogen and oxygen atoms in total. The van der Waals surface area contributed by atoms with Gasteiger partial charge in [0.05, 0.1) is 5.75 Å². The summed E-state index contributed by atoms with van der Waals surface area (Å²) in [6, 6.07) is 0. The molecule has 0 spiro atoms. The largest absolute Gasteiger partial charge is 0.480 e. The van der Waals surface area contributed by atoms with E-state index in [-0.39, 0.29) is 11.7 Å². The zero-order chi connectivity index (χ0) is 11.5. The highest BCUT2D eigenvalue weighted by Gasteiger charge is 2.30. The van der Waals surface area contributed by atoms with Gasteiger partial charge in [0.2, 0.25) is 0 Å². The van der Waals surface area contributed by atoms with Gasteiger partial charge in [-0.2, -0.15) is 0 Å². The highest BCUT2D eigenvalue weighted by molar-refractivity contribution is 7.92. The van der Waals surface area contributed by atoms with Crippen LogP contribution in [0.15, 0.2) is 0 Å². The van der Waals surface area contributed by atoms with Crippen molar-refractivity contribution in [2.24, 2.45) is 5.92 Å². The van der Waals surface area contributed by atoms with Crippen molar-refractivity contribution in [2.75, 3.05) is 18.8 Å². The van der Waals surface area contributed by atoms with E-state index in [0.29, 0.717) is 6.54 Å². The first kappa shape index (κ1) is 12.4. The Labute approximate surface area is 89.8 Å². The summed E-state index contributed by atoms with van der Waals surface area (Å²) >= 11 is 0. The second kappa shape index (κ2) is 4.94. The molecule has 0 radical (unpaired) electrons. The van der Waals surface area contributed by atoms with Crippen LogP contribution >= 0.6 is 0 Å². The first-order chi connectivity index (χ1) is 6.93. The smallest absolute Gasteiger partial charge is 0.321 e. The van der Waals surface area contributed by atoms with Crippen LogP contribution in [0.3, 0.4) is 0 Å². The van der Waals surface area contributed by atoms with E-state index >= 15 is 0 Å². The van der Waals surface area contributed by atoms with Crippen LogP contribution in [0.4, 0.5) is 0 Å². The maximum absolute atomic E-state index is 11.6. The van der Waals surface area contributed by atoms with Crippen molar-refractivity contribution >= 4 is 15.8 Å². The quantitative estimate of drug-likeness (QED) is 0.709. The monoisotopic (exact) mass is 235 g/mol. The molecule has 0 aromatic carbocycles. The standard InChI is InChI=1S/C9H17NO4S/c1-7(9(11)12)15(13,14)6-8-3-2-4-10-5-8/h7-8,10H,2-6H2,1H3,(H,11,12). The molecule has 1 heterocycles. The van der Waals surface area contributed by atoms with Gasteiger partial charge in [-0.3, -0.25) is 4.79 Å². The summed E-state index contributed by atoms with van der Waals surface area (Å²) < 4.78 is 23.3. The topological polar surface area (TPSA) is 83.5 Å². The van der Waals surface area contributed by atoms with Crippen molar-refractivity contribution in [3.05, 3.63) is 0 Å². The van der Waals surface area contributed by atoms with Gasteiger partial charge >= 0.3 is 5.97 Å². The molecule has 0 aliphatic carbocycles. The molecule has 0 aromatic heterocycles. The van der Waals surface area contributed by atoms with E-state index in [0.717, 1.165) is 19.4 Å². The van der Waals surface area contributed by atoms with Gasteiger partial charge in [-0.15, -0.1) is 0 Å². The van der Waals surface area contributed by atoms with Crippen molar-refractivity contribution in [2.45, 2.75) is 25.0 Å². The van der Waals surface area contributed by atoms with Crippen LogP contribution in [0.1, 0.15) is 19.8 Å². The lowest BCUT2D eigenvalue weighted by Gasteiger charge is -2.23. The number of carboxylic acid groups (broad SMARTS) is 1. The van der Waals surface area contributed by atoms with Crippen LogP contribution in [-0.4, -0.2) is 43.6 Å². The zero-order valence-corrected chi connectivity index (χ0v) is 9.59. The molecular weight excluding hydrogens is 218 g/mol. The van der Waals surface area contributed by atoms with Crippen LogP contribution in [0.5, 0.6) is 0 Å². The average molecular weight is 235 g/mol. The van der Waals surface area contributed by atoms with E-state index in [9.17, 15) is 13.2 Å². The van der Waals surface area contributed by atoms with Gasteiger partial charge in [-0.1, -0.05) is 0 Å². The van der Waals surface area contributed by atoms with Crippen molar-refractivity contribution in [3.8, 4) is 0 Å². The Morgan fingerprint density at radius 3 is 2.73 bits per heavy atom. The van der Waals surface area contributed by atoms with Gasteiger partial charge in [-0.05, 0) is 38.8 Å². The second-order valence-electron chi connectivity index (χ2n) is 4.02. The molecular formula is C9H17NO4S. The van der Waals surface area contributed by atoms with Crippen LogP contribution in [0.2, 0.25) is 0 Å². The third-order valence-electron chi connectivity index (χ3n) is 2.75. The summed E-state index contributed by atoms with van der Waals surface area (Å²) in [5, 5.41) is 10.5. The summed E-state index contributed by atoms with van der Waals surface area (Å²) in [5.74, 6) is -1.22. The highest BCUT2D eigenvalue weighted by Crippen LogP contribution is 2.15. The predicted molar refractivity (Wildman–Crippen MR) is 56.5 cm³/mol. The average Bonchev–Trinajstić information content (AvgIpc) is 2.17. The van der Waals surface area contributed by atoms with E-state index in [1.807, 2.05) is 0 Å². The fraction of sp³-hybridized carbons (Fsp3) is 0.889. The molecule has 1 aliphatic heterocycles. The van der Waals surface area contributed by atoms with E-state index in [1.165, 1.54) is 6.92 Å². The lowest BCUT2D eigenvalue weighted by Crippen LogP contribution is -2.38. The molecule has 1 aliphatic rings. The third-order valence-corrected chi connectivity index (χ3v) is 4.97. The summed E-state index contributed by atoms with van der Waals surface area (Å²) in [7, 11) is -3.50. The van der Waals surface area contributed by atoms with E-state index < -0.39 is 21.1 Å². The molecule has 1 rings (SSSR count). The number of sulfone groups is 1. The van der Waals surface area contributed by atoms with Crippen molar-refractivity contribution in [1.82, 2.24) is 5.32 Å². The maximum atomic E-state index is 11.6. The molecule has 0 amide bonds. The zero-order valence-electron chi connectivity index (χ0n) is 8.77. The van der Waals surface area contributed by atoms with Gasteiger partial charge in [-0.25, -0.2) is 8.42 Å². The molecule has 2 atom stereocenters. The normalized spacial score (nSPS) is 24.7. The SMILES string of the molecule is CC(C(=O)O)S(=O)(=O)CC1CCCNC1. The first-order valence-corrected chi connectivity index (χ1v) is 6.80.